The van der Waals surface area contributed by atoms with E-state index in [0.717, 1.165) is 0 Å². The SMILES string of the molecule is CC1(N=C(N)N)NC1=O. The fraction of sp³-hybridized carbons (Fsp3) is 0.500. The van der Waals surface area contributed by atoms with Crippen LogP contribution in [0.5, 0.6) is 0 Å². The zero-order valence-electron chi connectivity index (χ0n) is 5.01. The third kappa shape index (κ3) is 0.933. The van der Waals surface area contributed by atoms with Gasteiger partial charge < -0.3 is 16.8 Å². The van der Waals surface area contributed by atoms with Gasteiger partial charge in [-0.1, -0.05) is 0 Å². The summed E-state index contributed by atoms with van der Waals surface area (Å²) in [4.78, 5) is 14.0. The Hall–Kier alpha value is -1.26. The molecule has 1 unspecified atom stereocenters. The average Bonchev–Trinajstić information content (AvgIpc) is 2.10. The van der Waals surface area contributed by atoms with Gasteiger partial charge in [0.2, 0.25) is 5.66 Å². The molecule has 1 heterocycles. The van der Waals surface area contributed by atoms with E-state index >= 15 is 0 Å². The van der Waals surface area contributed by atoms with Gasteiger partial charge in [-0.05, 0) is 6.92 Å². The number of hydrogen-bond acceptors (Lipinski definition) is 2. The average molecular weight is 128 g/mol. The Morgan fingerprint density at radius 1 is 1.78 bits per heavy atom. The molecule has 0 radical (unpaired) electrons. The van der Waals surface area contributed by atoms with E-state index in [1.807, 2.05) is 0 Å². The summed E-state index contributed by atoms with van der Waals surface area (Å²) in [6.45, 7) is 1.61. The molecule has 1 aliphatic rings. The van der Waals surface area contributed by atoms with Crippen LogP contribution in [0.1, 0.15) is 6.92 Å². The molecule has 5 heteroatoms. The van der Waals surface area contributed by atoms with Crippen molar-refractivity contribution in [2.45, 2.75) is 12.6 Å². The zero-order valence-corrected chi connectivity index (χ0v) is 5.01. The minimum Gasteiger partial charge on any atom is -0.370 e. The van der Waals surface area contributed by atoms with E-state index in [1.54, 1.807) is 6.92 Å². The maximum absolute atomic E-state index is 10.4. The number of carbonyl (C=O) groups excluding carboxylic acids is 1. The van der Waals surface area contributed by atoms with Gasteiger partial charge in [0.1, 0.15) is 0 Å². The number of nitrogens with one attached hydrogen (secondary N) is 1. The summed E-state index contributed by atoms with van der Waals surface area (Å²) < 4.78 is 0. The first-order valence-corrected chi connectivity index (χ1v) is 2.48. The summed E-state index contributed by atoms with van der Waals surface area (Å²) in [6, 6.07) is 0. The van der Waals surface area contributed by atoms with Gasteiger partial charge in [0.25, 0.3) is 5.91 Å². The van der Waals surface area contributed by atoms with Crippen LogP contribution in [-0.2, 0) is 4.79 Å². The molecule has 50 valence electrons. The van der Waals surface area contributed by atoms with E-state index in [9.17, 15) is 4.79 Å². The number of carbonyl (C=O) groups is 1. The molecule has 9 heavy (non-hydrogen) atoms. The number of hydrogen-bond donors (Lipinski definition) is 3. The van der Waals surface area contributed by atoms with Crippen molar-refractivity contribution in [2.75, 3.05) is 0 Å². The molecule has 0 aromatic rings. The highest BCUT2D eigenvalue weighted by molar-refractivity contribution is 6.03. The normalized spacial score (nSPS) is 31.0. The third-order valence-corrected chi connectivity index (χ3v) is 1.09. The molecule has 1 fully saturated rings. The minimum atomic E-state index is -0.821. The Labute approximate surface area is 52.1 Å². The van der Waals surface area contributed by atoms with Crippen LogP contribution in [0.4, 0.5) is 0 Å². The highest BCUT2D eigenvalue weighted by Gasteiger charge is 2.49. The van der Waals surface area contributed by atoms with Crippen LogP contribution in [0.2, 0.25) is 0 Å². The van der Waals surface area contributed by atoms with Crippen molar-refractivity contribution in [3.05, 3.63) is 0 Å². The Morgan fingerprint density at radius 3 is 2.33 bits per heavy atom. The van der Waals surface area contributed by atoms with E-state index < -0.39 is 5.66 Å². The van der Waals surface area contributed by atoms with Crippen molar-refractivity contribution < 1.29 is 4.79 Å². The number of nitrogens with zero attached hydrogens (tertiary/aromatic N) is 1. The maximum atomic E-state index is 10.4. The van der Waals surface area contributed by atoms with E-state index in [-0.39, 0.29) is 11.9 Å². The fourth-order valence-corrected chi connectivity index (χ4v) is 0.527. The Balaban J connectivity index is 2.66. The van der Waals surface area contributed by atoms with Crippen LogP contribution in [-0.4, -0.2) is 17.5 Å². The van der Waals surface area contributed by atoms with Crippen molar-refractivity contribution >= 4 is 11.9 Å². The standard InChI is InChI=1S/C4H8N4O/c1-4(2(9)7-4)8-3(5)6/h1H3,(H,7,9)(H4,5,6,8). The second kappa shape index (κ2) is 1.37. The Bertz CT molecular complexity index is 183. The number of aliphatic imine (C=N–C) groups is 1. The van der Waals surface area contributed by atoms with E-state index in [4.69, 9.17) is 11.5 Å². The monoisotopic (exact) mass is 128 g/mol. The molecule has 0 bridgehead atoms. The summed E-state index contributed by atoms with van der Waals surface area (Å²) in [5.41, 5.74) is 9.21. The first kappa shape index (κ1) is 5.87. The van der Waals surface area contributed by atoms with Crippen LogP contribution >= 0.6 is 0 Å². The van der Waals surface area contributed by atoms with Crippen molar-refractivity contribution in [3.8, 4) is 0 Å². The van der Waals surface area contributed by atoms with Crippen molar-refractivity contribution in [3.63, 3.8) is 0 Å². The second-order valence-electron chi connectivity index (χ2n) is 2.06. The summed E-state index contributed by atoms with van der Waals surface area (Å²) in [6.07, 6.45) is 0. The van der Waals surface area contributed by atoms with Crippen LogP contribution in [0.3, 0.4) is 0 Å². The number of rotatable bonds is 1. The molecule has 0 aromatic carbocycles. The first-order chi connectivity index (χ1) is 4.04. The summed E-state index contributed by atoms with van der Waals surface area (Å²) in [7, 11) is 0. The lowest BCUT2D eigenvalue weighted by Gasteiger charge is -1.93. The van der Waals surface area contributed by atoms with Crippen LogP contribution in [0.25, 0.3) is 0 Å². The van der Waals surface area contributed by atoms with E-state index in [2.05, 4.69) is 10.3 Å². The molecule has 1 amide bonds. The van der Waals surface area contributed by atoms with Gasteiger partial charge in [-0.25, -0.2) is 4.99 Å². The fourth-order valence-electron chi connectivity index (χ4n) is 0.527. The van der Waals surface area contributed by atoms with Crippen LogP contribution in [0.15, 0.2) is 4.99 Å². The van der Waals surface area contributed by atoms with Gasteiger partial charge in [-0.3, -0.25) is 4.79 Å². The van der Waals surface area contributed by atoms with Crippen LogP contribution in [0, 0.1) is 0 Å². The molecule has 0 spiro atoms. The van der Waals surface area contributed by atoms with Gasteiger partial charge in [0, 0.05) is 0 Å². The number of guanidine groups is 1. The topological polar surface area (TPSA) is 103 Å². The smallest absolute Gasteiger partial charge is 0.270 e. The lowest BCUT2D eigenvalue weighted by Crippen LogP contribution is -2.26. The number of nitrogens with two attached hydrogens (primary N) is 2. The Kier molecular flexibility index (Phi) is 0.892. The van der Waals surface area contributed by atoms with Gasteiger partial charge in [-0.2, -0.15) is 0 Å². The number of amides is 1. The highest BCUT2D eigenvalue weighted by atomic mass is 16.2. The molecule has 0 aromatic heterocycles. The maximum Gasteiger partial charge on any atom is 0.270 e. The van der Waals surface area contributed by atoms with Gasteiger partial charge in [0.05, 0.1) is 0 Å². The molecule has 1 atom stereocenters. The third-order valence-electron chi connectivity index (χ3n) is 1.09. The summed E-state index contributed by atoms with van der Waals surface area (Å²) >= 11 is 0. The lowest BCUT2D eigenvalue weighted by atomic mass is 10.4. The predicted molar refractivity (Wildman–Crippen MR) is 32.4 cm³/mol. The van der Waals surface area contributed by atoms with Crippen molar-refractivity contribution in [1.29, 1.82) is 0 Å². The van der Waals surface area contributed by atoms with Crippen molar-refractivity contribution in [2.24, 2.45) is 16.5 Å². The minimum absolute atomic E-state index is 0.0733. The highest BCUT2D eigenvalue weighted by Crippen LogP contribution is 2.18. The lowest BCUT2D eigenvalue weighted by molar-refractivity contribution is -0.111. The van der Waals surface area contributed by atoms with Gasteiger partial charge >= 0.3 is 0 Å². The molecule has 5 nitrogen and oxygen atoms in total. The van der Waals surface area contributed by atoms with Crippen molar-refractivity contribution in [1.82, 2.24) is 5.32 Å². The summed E-state index contributed by atoms with van der Waals surface area (Å²) in [5, 5.41) is 2.45. The zero-order chi connectivity index (χ0) is 7.07. The van der Waals surface area contributed by atoms with E-state index in [0.29, 0.717) is 0 Å². The molecule has 0 aliphatic carbocycles. The predicted octanol–water partition coefficient (Wildman–Crippen LogP) is -1.89. The molecule has 0 saturated carbocycles. The van der Waals surface area contributed by atoms with Crippen LogP contribution < -0.4 is 16.8 Å². The first-order valence-electron chi connectivity index (χ1n) is 2.48. The molecule has 5 N–H and O–H groups in total. The second-order valence-corrected chi connectivity index (χ2v) is 2.06. The molecule has 1 rings (SSSR count). The van der Waals surface area contributed by atoms with E-state index in [1.165, 1.54) is 0 Å². The Morgan fingerprint density at radius 2 is 2.22 bits per heavy atom. The van der Waals surface area contributed by atoms with Gasteiger partial charge in [0.15, 0.2) is 5.96 Å². The molecule has 1 aliphatic heterocycles. The molecule has 1 saturated heterocycles. The largest absolute Gasteiger partial charge is 0.370 e. The van der Waals surface area contributed by atoms with Gasteiger partial charge in [-0.15, -0.1) is 0 Å². The quantitative estimate of drug-likeness (QED) is 0.218. The summed E-state index contributed by atoms with van der Waals surface area (Å²) in [5.74, 6) is -0.216. The molecular weight excluding hydrogens is 120 g/mol. The molecular formula is C4H8N4O.